The second-order valence-electron chi connectivity index (χ2n) is 11.7. The Kier molecular flexibility index (Phi) is 5.97. The monoisotopic (exact) mass is 655 g/mol. The third-order valence-corrected chi connectivity index (χ3v) is 11.9. The number of aromatic nitrogens is 3. The van der Waals surface area contributed by atoms with Crippen molar-refractivity contribution in [1.29, 1.82) is 0 Å². The highest BCUT2D eigenvalue weighted by molar-refractivity contribution is 7.27. The van der Waals surface area contributed by atoms with E-state index in [-0.39, 0.29) is 0 Å². The molecule has 3 nitrogen and oxygen atoms in total. The third-order valence-electron chi connectivity index (χ3n) is 9.00. The first-order valence-electron chi connectivity index (χ1n) is 15.4. The van der Waals surface area contributed by atoms with Crippen molar-refractivity contribution in [1.82, 2.24) is 15.0 Å². The largest absolute Gasteiger partial charge is 0.208 e. The van der Waals surface area contributed by atoms with Gasteiger partial charge in [-0.25, -0.2) is 15.0 Å². The summed E-state index contributed by atoms with van der Waals surface area (Å²) in [6.07, 6.45) is 0. The maximum Gasteiger partial charge on any atom is 0.165 e. The molecule has 0 saturated heterocycles. The Labute approximate surface area is 282 Å². The fraction of sp³-hybridized carbons (Fsp3) is 0. The molecular weight excluding hydrogens is 634 g/mol. The van der Waals surface area contributed by atoms with E-state index in [2.05, 4.69) is 133 Å². The van der Waals surface area contributed by atoms with Gasteiger partial charge in [0.1, 0.15) is 0 Å². The van der Waals surface area contributed by atoms with Crippen molar-refractivity contribution in [3.8, 4) is 34.2 Å². The molecule has 10 rings (SSSR count). The summed E-state index contributed by atoms with van der Waals surface area (Å²) in [5.74, 6) is 1.81. The maximum atomic E-state index is 7.33. The van der Waals surface area contributed by atoms with Gasteiger partial charge in [-0.2, -0.15) is 0 Å². The molecule has 0 amide bonds. The Balaban J connectivity index is 1.23. The lowest BCUT2D eigenvalue weighted by molar-refractivity contribution is 1.08. The average molecular weight is 656 g/mol. The number of hydrogen-bond acceptors (Lipinski definition) is 5. The summed E-state index contributed by atoms with van der Waals surface area (Å²) in [7, 11) is 0. The molecule has 10 aromatic rings. The molecule has 0 spiro atoms. The molecule has 7 aromatic carbocycles. The van der Waals surface area contributed by atoms with E-state index in [9.17, 15) is 0 Å². The fourth-order valence-corrected chi connectivity index (χ4v) is 9.48. The van der Waals surface area contributed by atoms with Crippen molar-refractivity contribution in [3.05, 3.63) is 138 Å². The molecule has 0 N–H and O–H groups in total. The van der Waals surface area contributed by atoms with E-state index in [1.54, 1.807) is 22.7 Å². The Morgan fingerprint density at radius 3 is 2.00 bits per heavy atom. The first-order valence-corrected chi connectivity index (χ1v) is 17.4. The molecule has 0 atom stereocenters. The van der Waals surface area contributed by atoms with Gasteiger partial charge in [0.2, 0.25) is 0 Å². The summed E-state index contributed by atoms with van der Waals surface area (Å²) in [5, 5.41) is 10.3. The molecule has 0 fully saturated rings. The number of fused-ring (bicyclic) bond motifs is 9. The van der Waals surface area contributed by atoms with Crippen LogP contribution in [0, 0.1) is 0 Å². The molecule has 47 heavy (non-hydrogen) atoms. The van der Waals surface area contributed by atoms with E-state index >= 15 is 0 Å². The van der Waals surface area contributed by atoms with Gasteiger partial charge in [-0.15, -0.1) is 22.7 Å². The molecule has 3 heterocycles. The topological polar surface area (TPSA) is 38.7 Å². The van der Waals surface area contributed by atoms with Gasteiger partial charge in [0.15, 0.2) is 17.5 Å². The van der Waals surface area contributed by atoms with E-state index < -0.39 is 0 Å². The molecule has 6 heteroatoms. The van der Waals surface area contributed by atoms with Crippen molar-refractivity contribution in [2.45, 2.75) is 0 Å². The van der Waals surface area contributed by atoms with Crippen LogP contribution in [0.2, 0.25) is 5.02 Å². The van der Waals surface area contributed by atoms with E-state index in [0.717, 1.165) is 36.9 Å². The van der Waals surface area contributed by atoms with Crippen LogP contribution in [0.25, 0.3) is 96.1 Å². The minimum absolute atomic E-state index is 0.561. The lowest BCUT2D eigenvalue weighted by atomic mass is 10.0. The number of benzene rings is 7. The van der Waals surface area contributed by atoms with Gasteiger partial charge < -0.3 is 0 Å². The van der Waals surface area contributed by atoms with Crippen LogP contribution in [0.4, 0.5) is 0 Å². The van der Waals surface area contributed by atoms with Gasteiger partial charge in [0.25, 0.3) is 0 Å². The third kappa shape index (κ3) is 4.21. The predicted molar refractivity (Wildman–Crippen MR) is 202 cm³/mol. The number of hydrogen-bond donors (Lipinski definition) is 0. The molecule has 220 valence electrons. The number of thiophene rings is 2. The summed E-state index contributed by atoms with van der Waals surface area (Å²) in [4.78, 5) is 15.4. The van der Waals surface area contributed by atoms with Gasteiger partial charge in [0.05, 0.1) is 9.72 Å². The van der Waals surface area contributed by atoms with Crippen LogP contribution in [0.3, 0.4) is 0 Å². The Hall–Kier alpha value is -5.20. The normalized spacial score (nSPS) is 11.9. The highest BCUT2D eigenvalue weighted by Gasteiger charge is 2.20. The van der Waals surface area contributed by atoms with Crippen molar-refractivity contribution < 1.29 is 0 Å². The minimum Gasteiger partial charge on any atom is -0.208 e. The lowest BCUT2D eigenvalue weighted by Gasteiger charge is -2.11. The number of halogens is 1. The standard InChI is InChI=1S/C41H22ClN3S2/c42-36-31(20-19-30-35-27-11-4-3-9-24(27)18-21-34(35)47-38(30)36)40-43-39(26-17-16-23-8-1-2-10-25(23)22-26)44-41(45-40)32-14-7-13-29-28-12-5-6-15-33(28)46-37(29)32/h1-22H. The summed E-state index contributed by atoms with van der Waals surface area (Å²) < 4.78 is 4.65. The molecule has 0 aliphatic heterocycles. The van der Waals surface area contributed by atoms with Crippen molar-refractivity contribution in [2.75, 3.05) is 0 Å². The van der Waals surface area contributed by atoms with E-state index in [1.807, 2.05) is 0 Å². The van der Waals surface area contributed by atoms with Crippen LogP contribution in [0.5, 0.6) is 0 Å². The maximum absolute atomic E-state index is 7.33. The van der Waals surface area contributed by atoms with Crippen molar-refractivity contribution in [2.24, 2.45) is 0 Å². The SMILES string of the molecule is Clc1c(-c2nc(-c3ccc4ccccc4c3)nc(-c3cccc4c3sc3ccccc34)n2)ccc2c1sc1ccc3ccccc3c12. The summed E-state index contributed by atoms with van der Waals surface area (Å²) >= 11 is 10.8. The molecule has 0 radical (unpaired) electrons. The molecule has 0 bridgehead atoms. The summed E-state index contributed by atoms with van der Waals surface area (Å²) in [6.45, 7) is 0. The van der Waals surface area contributed by atoms with Crippen molar-refractivity contribution in [3.63, 3.8) is 0 Å². The molecule has 0 unspecified atom stereocenters. The smallest absolute Gasteiger partial charge is 0.165 e. The van der Waals surface area contributed by atoms with E-state index in [1.165, 1.54) is 41.7 Å². The molecule has 3 aromatic heterocycles. The Morgan fingerprint density at radius 2 is 1.11 bits per heavy atom. The van der Waals surface area contributed by atoms with Crippen LogP contribution in [-0.4, -0.2) is 15.0 Å². The summed E-state index contributed by atoms with van der Waals surface area (Å²) in [5.41, 5.74) is 2.71. The summed E-state index contributed by atoms with van der Waals surface area (Å²) in [6, 6.07) is 46.8. The van der Waals surface area contributed by atoms with Gasteiger partial charge in [0, 0.05) is 52.3 Å². The number of rotatable bonds is 3. The Morgan fingerprint density at radius 1 is 0.426 bits per heavy atom. The molecular formula is C41H22ClN3S2. The predicted octanol–water partition coefficient (Wildman–Crippen LogP) is 12.6. The van der Waals surface area contributed by atoms with Gasteiger partial charge in [-0.3, -0.25) is 0 Å². The van der Waals surface area contributed by atoms with Crippen LogP contribution >= 0.6 is 34.3 Å². The van der Waals surface area contributed by atoms with Gasteiger partial charge >= 0.3 is 0 Å². The van der Waals surface area contributed by atoms with Crippen molar-refractivity contribution >= 4 is 96.2 Å². The lowest BCUT2D eigenvalue weighted by Crippen LogP contribution is -2.00. The second-order valence-corrected chi connectivity index (χ2v) is 14.2. The Bertz CT molecular complexity index is 2890. The minimum atomic E-state index is 0.561. The highest BCUT2D eigenvalue weighted by atomic mass is 35.5. The van der Waals surface area contributed by atoms with Crippen LogP contribution < -0.4 is 0 Å². The van der Waals surface area contributed by atoms with E-state index in [0.29, 0.717) is 22.5 Å². The zero-order valence-electron chi connectivity index (χ0n) is 24.7. The van der Waals surface area contributed by atoms with Crippen LogP contribution in [0.15, 0.2) is 133 Å². The zero-order valence-corrected chi connectivity index (χ0v) is 27.1. The second kappa shape index (κ2) is 10.4. The molecule has 0 saturated carbocycles. The highest BCUT2D eigenvalue weighted by Crippen LogP contribution is 2.45. The quantitative estimate of drug-likeness (QED) is 0.190. The fourth-order valence-electron chi connectivity index (χ4n) is 6.75. The molecule has 0 aliphatic rings. The number of nitrogens with zero attached hydrogens (tertiary/aromatic N) is 3. The van der Waals surface area contributed by atoms with Crippen LogP contribution in [0.1, 0.15) is 0 Å². The van der Waals surface area contributed by atoms with Gasteiger partial charge in [-0.1, -0.05) is 115 Å². The zero-order chi connectivity index (χ0) is 31.1. The van der Waals surface area contributed by atoms with Gasteiger partial charge in [-0.05, 0) is 51.9 Å². The van der Waals surface area contributed by atoms with Crippen LogP contribution in [-0.2, 0) is 0 Å². The first kappa shape index (κ1) is 27.0. The average Bonchev–Trinajstić information content (AvgIpc) is 3.71. The van der Waals surface area contributed by atoms with E-state index in [4.69, 9.17) is 26.6 Å². The first-order chi connectivity index (χ1) is 23.2. The molecule has 0 aliphatic carbocycles.